The molecule has 0 aliphatic carbocycles. The van der Waals surface area contributed by atoms with Gasteiger partial charge >= 0.3 is 0 Å². The third-order valence-electron chi connectivity index (χ3n) is 9.05. The average molecular weight is 651 g/mol. The van der Waals surface area contributed by atoms with Crippen molar-refractivity contribution >= 4 is 27.3 Å². The van der Waals surface area contributed by atoms with Crippen molar-refractivity contribution in [1.29, 1.82) is 0 Å². The molecule has 1 unspecified atom stereocenters. The van der Waals surface area contributed by atoms with E-state index in [1.165, 1.54) is 29.3 Å². The van der Waals surface area contributed by atoms with Crippen LogP contribution in [-0.2, 0) is 22.5 Å². The number of methoxy groups -OCH3 is 1. The zero-order valence-electron chi connectivity index (χ0n) is 26.1. The second-order valence-corrected chi connectivity index (χ2v) is 12.8. The Labute approximate surface area is 275 Å². The number of pyridine rings is 2. The monoisotopic (exact) mass is 650 g/mol. The van der Waals surface area contributed by atoms with Gasteiger partial charge in [-0.25, -0.2) is 9.37 Å². The van der Waals surface area contributed by atoms with Gasteiger partial charge in [0.15, 0.2) is 0 Å². The van der Waals surface area contributed by atoms with Crippen LogP contribution in [0.1, 0.15) is 29.0 Å². The highest BCUT2D eigenvalue weighted by Crippen LogP contribution is 2.46. The maximum atomic E-state index is 14.7. The fraction of sp³-hybridized carbons (Fsp3) is 0.270. The second-order valence-electron chi connectivity index (χ2n) is 11.9. The minimum absolute atomic E-state index is 0.135. The molecule has 0 radical (unpaired) electrons. The minimum atomic E-state index is -0.413. The van der Waals surface area contributed by atoms with Crippen LogP contribution in [0, 0.1) is 5.82 Å². The van der Waals surface area contributed by atoms with Crippen LogP contribution in [0.4, 0.5) is 4.39 Å². The highest BCUT2D eigenvalue weighted by atomic mass is 32.1. The first-order valence-electron chi connectivity index (χ1n) is 15.7. The number of thiophene rings is 1. The summed E-state index contributed by atoms with van der Waals surface area (Å²) in [4.78, 5) is 35.6. The summed E-state index contributed by atoms with van der Waals surface area (Å²) in [5.74, 6) is -0.309. The molecule has 2 aliphatic rings. The number of carbonyl (C=O) groups excluding carboxylic acids is 1. The van der Waals surface area contributed by atoms with Gasteiger partial charge in [0.1, 0.15) is 18.2 Å². The molecule has 47 heavy (non-hydrogen) atoms. The fourth-order valence-electron chi connectivity index (χ4n) is 6.67. The molecule has 7 rings (SSSR count). The van der Waals surface area contributed by atoms with Crippen LogP contribution in [-0.4, -0.2) is 60.7 Å². The fourth-order valence-corrected chi connectivity index (χ4v) is 7.63. The van der Waals surface area contributed by atoms with E-state index >= 15 is 0 Å². The summed E-state index contributed by atoms with van der Waals surface area (Å²) >= 11 is 1.59. The van der Waals surface area contributed by atoms with E-state index in [1.54, 1.807) is 35.6 Å². The lowest BCUT2D eigenvalue weighted by Gasteiger charge is -2.20. The molecule has 1 atom stereocenters. The number of rotatable bonds is 9. The highest BCUT2D eigenvalue weighted by molar-refractivity contribution is 7.18. The lowest BCUT2D eigenvalue weighted by molar-refractivity contribution is -0.125. The van der Waals surface area contributed by atoms with Crippen molar-refractivity contribution in [3.05, 3.63) is 106 Å². The average Bonchev–Trinajstić information content (AvgIpc) is 3.79. The van der Waals surface area contributed by atoms with E-state index in [9.17, 15) is 14.0 Å². The van der Waals surface area contributed by atoms with E-state index in [2.05, 4.69) is 41.1 Å². The second kappa shape index (κ2) is 13.2. The Morgan fingerprint density at radius 2 is 2.02 bits per heavy atom. The Morgan fingerprint density at radius 1 is 1.13 bits per heavy atom. The van der Waals surface area contributed by atoms with Crippen LogP contribution in [0.5, 0.6) is 5.75 Å². The summed E-state index contributed by atoms with van der Waals surface area (Å²) in [5, 5.41) is 6.46. The number of fused-ring (bicyclic) bond motifs is 2. The van der Waals surface area contributed by atoms with Crippen molar-refractivity contribution in [3.63, 3.8) is 0 Å². The molecule has 10 heteroatoms. The third kappa shape index (κ3) is 6.00. The maximum Gasteiger partial charge on any atom is 0.251 e. The van der Waals surface area contributed by atoms with Crippen molar-refractivity contribution in [2.75, 3.05) is 40.0 Å². The zero-order chi connectivity index (χ0) is 32.5. The summed E-state index contributed by atoms with van der Waals surface area (Å²) < 4.78 is 26.9. The van der Waals surface area contributed by atoms with Gasteiger partial charge < -0.3 is 24.7 Å². The summed E-state index contributed by atoms with van der Waals surface area (Å²) in [6.45, 7) is 6.97. The maximum absolute atomic E-state index is 14.7. The van der Waals surface area contributed by atoms with Crippen LogP contribution in [0.15, 0.2) is 77.6 Å². The number of halogens is 1. The van der Waals surface area contributed by atoms with Gasteiger partial charge in [-0.1, -0.05) is 18.7 Å². The van der Waals surface area contributed by atoms with Gasteiger partial charge in [-0.2, -0.15) is 0 Å². The first-order valence-corrected chi connectivity index (χ1v) is 16.6. The van der Waals surface area contributed by atoms with E-state index in [-0.39, 0.29) is 24.0 Å². The van der Waals surface area contributed by atoms with E-state index < -0.39 is 5.82 Å². The molecule has 1 saturated heterocycles. The quantitative estimate of drug-likeness (QED) is 0.144. The van der Waals surface area contributed by atoms with Crippen molar-refractivity contribution in [2.45, 2.75) is 25.3 Å². The van der Waals surface area contributed by atoms with E-state index in [0.29, 0.717) is 54.3 Å². The van der Waals surface area contributed by atoms with Gasteiger partial charge in [-0.15, -0.1) is 11.3 Å². The highest BCUT2D eigenvalue weighted by Gasteiger charge is 2.29. The Morgan fingerprint density at radius 3 is 2.87 bits per heavy atom. The molecule has 2 N–H and O–H groups in total. The minimum Gasteiger partial charge on any atom is -0.490 e. The normalized spacial score (nSPS) is 16.0. The summed E-state index contributed by atoms with van der Waals surface area (Å²) in [6.07, 6.45) is 4.61. The number of aromatic amines is 1. The summed E-state index contributed by atoms with van der Waals surface area (Å²) in [5.41, 5.74) is 7.68. The number of likely N-dealkylation sites (tertiary alicyclic amines) is 1. The first-order chi connectivity index (χ1) is 22.9. The summed E-state index contributed by atoms with van der Waals surface area (Å²) in [6, 6.07) is 15.0. The van der Waals surface area contributed by atoms with Crippen molar-refractivity contribution in [1.82, 2.24) is 20.2 Å². The predicted octanol–water partition coefficient (Wildman–Crippen LogP) is 6.30. The Hall–Kier alpha value is -4.64. The molecule has 0 spiro atoms. The molecule has 0 saturated carbocycles. The molecule has 8 nitrogen and oxygen atoms in total. The van der Waals surface area contributed by atoms with Gasteiger partial charge in [0.2, 0.25) is 5.91 Å². The number of nitrogens with one attached hydrogen (secondary N) is 2. The number of amides is 1. The molecular formula is C37H35FN4O4S. The lowest BCUT2D eigenvalue weighted by atomic mass is 9.92. The topological polar surface area (TPSA) is 96.6 Å². The van der Waals surface area contributed by atoms with Gasteiger partial charge in [0.05, 0.1) is 18.0 Å². The SMILES string of the molecule is C=CC(=O)N1CCC(c2cc(-c3nc(-c4ccc5c(c4)CCNC5)c4ccsc4c3-c3ccc(F)cc3OCCOC)c[nH]c2=O)C1. The number of ether oxygens (including phenoxy) is 2. The zero-order valence-corrected chi connectivity index (χ0v) is 26.9. The smallest absolute Gasteiger partial charge is 0.251 e. The Balaban J connectivity index is 1.44. The van der Waals surface area contributed by atoms with E-state index in [4.69, 9.17) is 14.5 Å². The van der Waals surface area contributed by atoms with E-state index in [1.807, 2.05) is 11.4 Å². The number of nitrogens with zero attached hydrogens (tertiary/aromatic N) is 2. The number of H-pyrrole nitrogens is 1. The molecule has 5 aromatic rings. The summed E-state index contributed by atoms with van der Waals surface area (Å²) in [7, 11) is 1.59. The molecule has 5 heterocycles. The van der Waals surface area contributed by atoms with Crippen molar-refractivity contribution < 1.29 is 18.7 Å². The predicted molar refractivity (Wildman–Crippen MR) is 183 cm³/mol. The third-order valence-corrected chi connectivity index (χ3v) is 9.98. The molecule has 2 aliphatic heterocycles. The van der Waals surface area contributed by atoms with Crippen LogP contribution >= 0.6 is 11.3 Å². The molecule has 0 bridgehead atoms. The van der Waals surface area contributed by atoms with Crippen LogP contribution in [0.3, 0.4) is 0 Å². The molecule has 240 valence electrons. The van der Waals surface area contributed by atoms with Crippen LogP contribution in [0.25, 0.3) is 43.7 Å². The lowest BCUT2D eigenvalue weighted by Crippen LogP contribution is -2.27. The van der Waals surface area contributed by atoms with Crippen LogP contribution < -0.4 is 15.6 Å². The number of hydrogen-bond acceptors (Lipinski definition) is 7. The molecule has 3 aromatic heterocycles. The van der Waals surface area contributed by atoms with Crippen molar-refractivity contribution in [2.24, 2.45) is 0 Å². The number of carbonyl (C=O) groups is 1. The molecule has 1 amide bonds. The largest absolute Gasteiger partial charge is 0.490 e. The number of hydrogen-bond donors (Lipinski definition) is 2. The van der Waals surface area contributed by atoms with Gasteiger partial charge in [0.25, 0.3) is 5.56 Å². The van der Waals surface area contributed by atoms with Crippen molar-refractivity contribution in [3.8, 4) is 39.4 Å². The van der Waals surface area contributed by atoms with E-state index in [0.717, 1.165) is 46.4 Å². The number of aromatic nitrogens is 2. The van der Waals surface area contributed by atoms with Gasteiger partial charge in [-0.05, 0) is 72.3 Å². The van der Waals surface area contributed by atoms with Gasteiger partial charge in [0, 0.05) is 82.8 Å². The first kappa shape index (κ1) is 31.0. The number of benzene rings is 2. The molecule has 2 aromatic carbocycles. The standard InChI is InChI=1S/C37H35FN4O4S/c1-3-32(43)42-12-9-25(21-42)30-17-26(20-40-37(30)44)35-33(28-7-6-27(38)18-31(28)46-14-13-45-2)36-29(10-15-47-36)34(41-35)23-4-5-24-19-39-11-8-22(24)16-23/h3-7,10,15-18,20,25,39H,1,8-9,11-14,19,21H2,2H3,(H,40,44). The van der Waals surface area contributed by atoms with Crippen LogP contribution in [0.2, 0.25) is 0 Å². The van der Waals surface area contributed by atoms with Gasteiger partial charge in [-0.3, -0.25) is 9.59 Å². The molecular weight excluding hydrogens is 615 g/mol. The Bertz CT molecular complexity index is 2050. The Kier molecular flexibility index (Phi) is 8.72. The molecule has 1 fully saturated rings.